The third-order valence-corrected chi connectivity index (χ3v) is 6.77. The first kappa shape index (κ1) is 20.6. The van der Waals surface area contributed by atoms with E-state index in [1.807, 2.05) is 13.0 Å². The van der Waals surface area contributed by atoms with Gasteiger partial charge in [-0.1, -0.05) is 56.7 Å². The smallest absolute Gasteiger partial charge is 0.252 e. The van der Waals surface area contributed by atoms with Gasteiger partial charge in [0.25, 0.3) is 5.91 Å². The second-order valence-electron chi connectivity index (χ2n) is 8.86. The molecule has 30 heavy (non-hydrogen) atoms. The number of aromatic carboxylic acids is 1. The standard InChI is InChI=1S/C25H29NO4/c1-15-10-11-18(21(27)14-16-6-2-3-7-16)23-20(25(29)30)13-12-19(22(15)23)24(28)26-17-8-4-5-9-17/h10-13,16-17H,2-9,14H2,1H3,(H,26,28)(H,29,30)/p-1. The van der Waals surface area contributed by atoms with Gasteiger partial charge in [-0.15, -0.1) is 0 Å². The molecule has 1 N–H and O–H groups in total. The predicted octanol–water partition coefficient (Wildman–Crippen LogP) is 3.95. The van der Waals surface area contributed by atoms with E-state index in [9.17, 15) is 19.5 Å². The van der Waals surface area contributed by atoms with Gasteiger partial charge in [0.1, 0.15) is 0 Å². The average Bonchev–Trinajstić information content (AvgIpc) is 3.41. The molecule has 5 nitrogen and oxygen atoms in total. The Morgan fingerprint density at radius 1 is 0.867 bits per heavy atom. The maximum absolute atomic E-state index is 13.1. The summed E-state index contributed by atoms with van der Waals surface area (Å²) in [4.78, 5) is 38.1. The molecule has 0 aliphatic heterocycles. The molecule has 2 fully saturated rings. The number of fused-ring (bicyclic) bond motifs is 1. The predicted molar refractivity (Wildman–Crippen MR) is 114 cm³/mol. The molecule has 2 aliphatic rings. The molecule has 0 unspecified atom stereocenters. The fourth-order valence-electron chi connectivity index (χ4n) is 5.18. The van der Waals surface area contributed by atoms with Crippen molar-refractivity contribution in [2.75, 3.05) is 0 Å². The monoisotopic (exact) mass is 406 g/mol. The Kier molecular flexibility index (Phi) is 5.89. The van der Waals surface area contributed by atoms with Crippen molar-refractivity contribution in [2.45, 2.75) is 70.8 Å². The zero-order valence-corrected chi connectivity index (χ0v) is 17.5. The van der Waals surface area contributed by atoms with Crippen LogP contribution in [0.15, 0.2) is 24.3 Å². The highest BCUT2D eigenvalue weighted by atomic mass is 16.4. The minimum Gasteiger partial charge on any atom is -0.545 e. The zero-order chi connectivity index (χ0) is 21.3. The number of carbonyl (C=O) groups excluding carboxylic acids is 3. The summed E-state index contributed by atoms with van der Waals surface area (Å²) in [7, 11) is 0. The van der Waals surface area contributed by atoms with Gasteiger partial charge in [-0.3, -0.25) is 9.59 Å². The lowest BCUT2D eigenvalue weighted by Gasteiger charge is -2.19. The normalized spacial score (nSPS) is 17.5. The molecule has 0 atom stereocenters. The first-order valence-electron chi connectivity index (χ1n) is 11.1. The average molecular weight is 407 g/mol. The summed E-state index contributed by atoms with van der Waals surface area (Å²) in [6, 6.07) is 6.64. The van der Waals surface area contributed by atoms with Crippen molar-refractivity contribution in [3.63, 3.8) is 0 Å². The topological polar surface area (TPSA) is 86.3 Å². The van der Waals surface area contributed by atoms with Crippen LogP contribution in [0.5, 0.6) is 0 Å². The largest absolute Gasteiger partial charge is 0.545 e. The second kappa shape index (κ2) is 8.58. The second-order valence-corrected chi connectivity index (χ2v) is 8.86. The maximum atomic E-state index is 13.1. The van der Waals surface area contributed by atoms with E-state index in [-0.39, 0.29) is 23.3 Å². The van der Waals surface area contributed by atoms with Crippen LogP contribution in [-0.4, -0.2) is 23.7 Å². The number of nitrogens with one attached hydrogen (secondary N) is 1. The molecule has 0 spiro atoms. The van der Waals surface area contributed by atoms with Crippen LogP contribution in [0.25, 0.3) is 10.8 Å². The van der Waals surface area contributed by atoms with E-state index >= 15 is 0 Å². The summed E-state index contributed by atoms with van der Waals surface area (Å²) in [6.45, 7) is 1.85. The van der Waals surface area contributed by atoms with Gasteiger partial charge in [-0.25, -0.2) is 0 Å². The Balaban J connectivity index is 1.80. The third kappa shape index (κ3) is 3.98. The van der Waals surface area contributed by atoms with E-state index in [2.05, 4.69) is 5.32 Å². The summed E-state index contributed by atoms with van der Waals surface area (Å²) < 4.78 is 0. The van der Waals surface area contributed by atoms with E-state index in [1.165, 1.54) is 6.07 Å². The molecule has 2 aromatic carbocycles. The van der Waals surface area contributed by atoms with Crippen LogP contribution in [-0.2, 0) is 0 Å². The Labute approximate surface area is 176 Å². The van der Waals surface area contributed by atoms with E-state index < -0.39 is 5.97 Å². The molecule has 5 heteroatoms. The number of amides is 1. The number of hydrogen-bond donors (Lipinski definition) is 1. The highest BCUT2D eigenvalue weighted by Crippen LogP contribution is 2.34. The molecule has 2 aliphatic carbocycles. The number of Topliss-reactive ketones (excluding diaryl/α,β-unsaturated/α-hetero) is 1. The lowest BCUT2D eigenvalue weighted by Crippen LogP contribution is -2.33. The van der Waals surface area contributed by atoms with E-state index in [1.54, 1.807) is 12.1 Å². The number of rotatable bonds is 6. The van der Waals surface area contributed by atoms with Gasteiger partial charge in [-0.05, 0) is 42.7 Å². The van der Waals surface area contributed by atoms with Crippen molar-refractivity contribution in [3.05, 3.63) is 46.5 Å². The Morgan fingerprint density at radius 2 is 1.47 bits per heavy atom. The highest BCUT2D eigenvalue weighted by Gasteiger charge is 2.25. The number of hydrogen-bond acceptors (Lipinski definition) is 4. The summed E-state index contributed by atoms with van der Waals surface area (Å²) in [5.74, 6) is -1.24. The summed E-state index contributed by atoms with van der Waals surface area (Å²) >= 11 is 0. The quantitative estimate of drug-likeness (QED) is 0.736. The highest BCUT2D eigenvalue weighted by molar-refractivity contribution is 6.20. The van der Waals surface area contributed by atoms with E-state index in [0.29, 0.717) is 34.2 Å². The molecule has 4 rings (SSSR count). The van der Waals surface area contributed by atoms with Crippen LogP contribution in [0.1, 0.15) is 94.4 Å². The number of ketones is 1. The number of carboxylic acid groups (broad SMARTS) is 1. The van der Waals surface area contributed by atoms with Crippen molar-refractivity contribution in [2.24, 2.45) is 5.92 Å². The molecule has 0 radical (unpaired) electrons. The minimum absolute atomic E-state index is 0.0270. The van der Waals surface area contributed by atoms with E-state index in [4.69, 9.17) is 0 Å². The molecule has 0 heterocycles. The van der Waals surface area contributed by atoms with Crippen LogP contribution >= 0.6 is 0 Å². The van der Waals surface area contributed by atoms with Gasteiger partial charge >= 0.3 is 0 Å². The van der Waals surface area contributed by atoms with E-state index in [0.717, 1.165) is 56.9 Å². The molecule has 0 bridgehead atoms. The minimum atomic E-state index is -1.33. The molecule has 158 valence electrons. The lowest BCUT2D eigenvalue weighted by atomic mass is 9.88. The van der Waals surface area contributed by atoms with Gasteiger partial charge < -0.3 is 15.2 Å². The zero-order valence-electron chi connectivity index (χ0n) is 17.5. The molecular weight excluding hydrogens is 378 g/mol. The number of aryl methyl sites for hydroxylation is 1. The fraction of sp³-hybridized carbons (Fsp3) is 0.480. The van der Waals surface area contributed by atoms with Crippen molar-refractivity contribution in [1.82, 2.24) is 5.32 Å². The number of carboxylic acids is 1. The Bertz CT molecular complexity index is 998. The molecule has 0 saturated heterocycles. The molecular formula is C25H28NO4-. The summed E-state index contributed by atoms with van der Waals surface area (Å²) in [5, 5.41) is 15.9. The molecule has 2 saturated carbocycles. The summed E-state index contributed by atoms with van der Waals surface area (Å²) in [6.07, 6.45) is 8.92. The molecule has 1 amide bonds. The Hall–Kier alpha value is -2.69. The first-order chi connectivity index (χ1) is 14.5. The van der Waals surface area contributed by atoms with Crippen LogP contribution in [0.4, 0.5) is 0 Å². The van der Waals surface area contributed by atoms with Crippen LogP contribution in [0.3, 0.4) is 0 Å². The Morgan fingerprint density at radius 3 is 2.13 bits per heavy atom. The van der Waals surface area contributed by atoms with Crippen LogP contribution in [0, 0.1) is 12.8 Å². The molecule has 0 aromatic heterocycles. The van der Waals surface area contributed by atoms with Gasteiger partial charge in [0.05, 0.1) is 5.97 Å². The number of carbonyl (C=O) groups is 3. The van der Waals surface area contributed by atoms with Gasteiger partial charge in [-0.2, -0.15) is 0 Å². The van der Waals surface area contributed by atoms with Gasteiger partial charge in [0.15, 0.2) is 5.78 Å². The van der Waals surface area contributed by atoms with Gasteiger partial charge in [0, 0.05) is 34.5 Å². The van der Waals surface area contributed by atoms with Crippen LogP contribution in [0.2, 0.25) is 0 Å². The van der Waals surface area contributed by atoms with Gasteiger partial charge in [0.2, 0.25) is 0 Å². The maximum Gasteiger partial charge on any atom is 0.252 e. The first-order valence-corrected chi connectivity index (χ1v) is 11.1. The third-order valence-electron chi connectivity index (χ3n) is 6.77. The fourth-order valence-corrected chi connectivity index (χ4v) is 5.18. The summed E-state index contributed by atoms with van der Waals surface area (Å²) in [5.41, 5.74) is 1.56. The van der Waals surface area contributed by atoms with Crippen LogP contribution < -0.4 is 10.4 Å². The van der Waals surface area contributed by atoms with Crippen molar-refractivity contribution in [3.8, 4) is 0 Å². The number of benzene rings is 2. The SMILES string of the molecule is Cc1ccc(C(=O)CC2CCCC2)c2c(C(=O)[O-])ccc(C(=O)NC3CCCC3)c12. The molecule has 2 aromatic rings. The van der Waals surface area contributed by atoms with Crippen molar-refractivity contribution < 1.29 is 19.5 Å². The van der Waals surface area contributed by atoms with Crippen molar-refractivity contribution in [1.29, 1.82) is 0 Å². The lowest BCUT2D eigenvalue weighted by molar-refractivity contribution is -0.254. The van der Waals surface area contributed by atoms with Crippen molar-refractivity contribution >= 4 is 28.4 Å².